The molecule has 0 aliphatic carbocycles. The van der Waals surface area contributed by atoms with Gasteiger partial charge in [-0.3, -0.25) is 4.79 Å². The monoisotopic (exact) mass is 186 g/mol. The minimum absolute atomic E-state index is 0.124. The molecule has 0 aromatic carbocycles. The zero-order valence-electron chi connectivity index (χ0n) is 7.60. The molecule has 2 bridgehead atoms. The lowest BCUT2D eigenvalue weighted by Crippen LogP contribution is -2.43. The van der Waals surface area contributed by atoms with Crippen LogP contribution < -0.4 is 0 Å². The van der Waals surface area contributed by atoms with Crippen molar-refractivity contribution in [1.82, 2.24) is 0 Å². The third-order valence-corrected chi connectivity index (χ3v) is 2.93. The summed E-state index contributed by atoms with van der Waals surface area (Å²) in [6, 6.07) is 0. The number of aliphatic hydroxyl groups excluding tert-OH is 1. The van der Waals surface area contributed by atoms with Crippen LogP contribution in [0, 0.1) is 5.92 Å². The predicted molar refractivity (Wildman–Crippen MR) is 44.0 cm³/mol. The van der Waals surface area contributed by atoms with Crippen molar-refractivity contribution in [2.45, 2.75) is 37.6 Å². The maximum Gasteiger partial charge on any atom is 0.313 e. The van der Waals surface area contributed by atoms with Crippen molar-refractivity contribution < 1.29 is 19.4 Å². The molecule has 1 N–H and O–H groups in total. The molecule has 2 unspecified atom stereocenters. The second-order valence-electron chi connectivity index (χ2n) is 3.73. The van der Waals surface area contributed by atoms with Gasteiger partial charge < -0.3 is 14.6 Å². The summed E-state index contributed by atoms with van der Waals surface area (Å²) in [5.74, 6) is -0.818. The van der Waals surface area contributed by atoms with E-state index in [1.165, 1.54) is 7.11 Å². The van der Waals surface area contributed by atoms with Crippen molar-refractivity contribution in [3.05, 3.63) is 0 Å². The fraction of sp³-hybridized carbons (Fsp3) is 0.889. The first kappa shape index (κ1) is 8.97. The first-order valence-electron chi connectivity index (χ1n) is 4.63. The highest BCUT2D eigenvalue weighted by molar-refractivity contribution is 5.74. The van der Waals surface area contributed by atoms with Gasteiger partial charge in [-0.1, -0.05) is 0 Å². The van der Waals surface area contributed by atoms with Crippen LogP contribution in [0.1, 0.15) is 19.3 Å². The molecule has 13 heavy (non-hydrogen) atoms. The quantitative estimate of drug-likeness (QED) is 0.589. The van der Waals surface area contributed by atoms with Crippen molar-refractivity contribution in [2.75, 3.05) is 7.11 Å². The Hall–Kier alpha value is -0.610. The summed E-state index contributed by atoms with van der Waals surface area (Å²) < 4.78 is 10.2. The van der Waals surface area contributed by atoms with Gasteiger partial charge in [-0.25, -0.2) is 0 Å². The largest absolute Gasteiger partial charge is 0.469 e. The number of carbonyl (C=O) groups is 1. The third kappa shape index (κ3) is 1.44. The first-order valence-corrected chi connectivity index (χ1v) is 4.63. The minimum atomic E-state index is -0.585. The van der Waals surface area contributed by atoms with E-state index in [1.807, 2.05) is 0 Å². The van der Waals surface area contributed by atoms with E-state index in [-0.39, 0.29) is 18.2 Å². The third-order valence-electron chi connectivity index (χ3n) is 2.93. The number of hydrogen-bond acceptors (Lipinski definition) is 4. The molecule has 2 rings (SSSR count). The van der Waals surface area contributed by atoms with Crippen LogP contribution >= 0.6 is 0 Å². The van der Waals surface area contributed by atoms with Crippen molar-refractivity contribution in [3.8, 4) is 0 Å². The molecule has 2 aliphatic heterocycles. The van der Waals surface area contributed by atoms with Crippen LogP contribution in [0.5, 0.6) is 0 Å². The summed E-state index contributed by atoms with van der Waals surface area (Å²) in [6.07, 6.45) is 1.83. The van der Waals surface area contributed by atoms with Gasteiger partial charge in [0.2, 0.25) is 0 Å². The molecule has 0 aromatic heterocycles. The molecule has 2 heterocycles. The molecule has 0 spiro atoms. The lowest BCUT2D eigenvalue weighted by Gasteiger charge is -2.31. The van der Waals surface area contributed by atoms with Crippen LogP contribution in [0.25, 0.3) is 0 Å². The van der Waals surface area contributed by atoms with E-state index in [2.05, 4.69) is 4.74 Å². The van der Waals surface area contributed by atoms with E-state index in [0.29, 0.717) is 6.42 Å². The van der Waals surface area contributed by atoms with E-state index >= 15 is 0 Å². The Kier molecular flexibility index (Phi) is 2.26. The van der Waals surface area contributed by atoms with Gasteiger partial charge in [0.15, 0.2) is 0 Å². The van der Waals surface area contributed by atoms with E-state index in [9.17, 15) is 9.90 Å². The number of aliphatic hydroxyl groups is 1. The smallest absolute Gasteiger partial charge is 0.313 e. The average Bonchev–Trinajstić information content (AvgIpc) is 2.48. The van der Waals surface area contributed by atoms with E-state index in [4.69, 9.17) is 4.74 Å². The Balaban J connectivity index is 2.11. The van der Waals surface area contributed by atoms with Gasteiger partial charge in [0.1, 0.15) is 5.92 Å². The number of rotatable bonds is 1. The molecular formula is C9H14O4. The lowest BCUT2D eigenvalue weighted by atomic mass is 9.92. The molecule has 0 aromatic rings. The second kappa shape index (κ2) is 3.27. The topological polar surface area (TPSA) is 55.8 Å². The Morgan fingerprint density at radius 2 is 2.31 bits per heavy atom. The molecule has 0 amide bonds. The van der Waals surface area contributed by atoms with Crippen molar-refractivity contribution >= 4 is 5.97 Å². The molecule has 4 nitrogen and oxygen atoms in total. The summed E-state index contributed by atoms with van der Waals surface area (Å²) in [5.41, 5.74) is 0. The number of carbonyl (C=O) groups excluding carboxylic acids is 1. The summed E-state index contributed by atoms with van der Waals surface area (Å²) in [6.45, 7) is 0. The molecular weight excluding hydrogens is 172 g/mol. The zero-order chi connectivity index (χ0) is 9.42. The van der Waals surface area contributed by atoms with E-state index in [0.717, 1.165) is 12.8 Å². The van der Waals surface area contributed by atoms with Gasteiger partial charge in [0.25, 0.3) is 0 Å². The van der Waals surface area contributed by atoms with Crippen LogP contribution in [-0.2, 0) is 14.3 Å². The maximum atomic E-state index is 11.3. The lowest BCUT2D eigenvalue weighted by molar-refractivity contribution is -0.166. The normalized spacial score (nSPS) is 43.2. The number of methoxy groups -OCH3 is 1. The Labute approximate surface area is 76.8 Å². The van der Waals surface area contributed by atoms with E-state index < -0.39 is 12.0 Å². The number of hydrogen-bond donors (Lipinski definition) is 1. The highest BCUT2D eigenvalue weighted by Gasteiger charge is 2.46. The molecule has 0 saturated carbocycles. The molecule has 2 saturated heterocycles. The SMILES string of the molecule is COC(=O)[C@@H]1C2CCC(C[C@@H]1O)O2. The fourth-order valence-electron chi connectivity index (χ4n) is 2.28. The van der Waals surface area contributed by atoms with Crippen LogP contribution in [0.2, 0.25) is 0 Å². The van der Waals surface area contributed by atoms with Gasteiger partial charge in [0.05, 0.1) is 25.4 Å². The maximum absolute atomic E-state index is 11.3. The summed E-state index contributed by atoms with van der Waals surface area (Å²) in [4.78, 5) is 11.3. The second-order valence-corrected chi connectivity index (χ2v) is 3.73. The van der Waals surface area contributed by atoms with Crippen molar-refractivity contribution in [3.63, 3.8) is 0 Å². The zero-order valence-corrected chi connectivity index (χ0v) is 7.60. The van der Waals surface area contributed by atoms with E-state index in [1.54, 1.807) is 0 Å². The van der Waals surface area contributed by atoms with Crippen LogP contribution in [-0.4, -0.2) is 36.5 Å². The first-order chi connectivity index (χ1) is 6.22. The van der Waals surface area contributed by atoms with Crippen LogP contribution in [0.15, 0.2) is 0 Å². The summed E-state index contributed by atoms with van der Waals surface area (Å²) in [5, 5.41) is 9.67. The van der Waals surface area contributed by atoms with Gasteiger partial charge >= 0.3 is 5.97 Å². The molecule has 2 fully saturated rings. The minimum Gasteiger partial charge on any atom is -0.469 e. The van der Waals surface area contributed by atoms with Crippen LogP contribution in [0.3, 0.4) is 0 Å². The Morgan fingerprint density at radius 1 is 1.54 bits per heavy atom. The average molecular weight is 186 g/mol. The Bertz CT molecular complexity index is 216. The number of fused-ring (bicyclic) bond motifs is 2. The number of esters is 1. The molecule has 4 heteroatoms. The van der Waals surface area contributed by atoms with Gasteiger partial charge in [0, 0.05) is 6.42 Å². The fourth-order valence-corrected chi connectivity index (χ4v) is 2.28. The highest BCUT2D eigenvalue weighted by atomic mass is 16.5. The molecule has 4 atom stereocenters. The Morgan fingerprint density at radius 3 is 3.00 bits per heavy atom. The molecule has 2 aliphatic rings. The summed E-state index contributed by atoms with van der Waals surface area (Å²) >= 11 is 0. The molecule has 0 radical (unpaired) electrons. The highest BCUT2D eigenvalue weighted by Crippen LogP contribution is 2.37. The number of ether oxygens (including phenoxy) is 2. The standard InChI is InChI=1S/C9H14O4/c1-12-9(11)8-6(10)4-5-2-3-7(8)13-5/h5-8,10H,2-4H2,1H3/t5?,6-,7?,8-/m0/s1. The molecule has 74 valence electrons. The summed E-state index contributed by atoms with van der Waals surface area (Å²) in [7, 11) is 1.34. The van der Waals surface area contributed by atoms with Crippen molar-refractivity contribution in [2.24, 2.45) is 5.92 Å². The van der Waals surface area contributed by atoms with Gasteiger partial charge in [-0.05, 0) is 12.8 Å². The van der Waals surface area contributed by atoms with Crippen LogP contribution in [0.4, 0.5) is 0 Å². The predicted octanol–water partition coefficient (Wildman–Crippen LogP) is 0.0878. The van der Waals surface area contributed by atoms with Gasteiger partial charge in [-0.15, -0.1) is 0 Å². The van der Waals surface area contributed by atoms with Gasteiger partial charge in [-0.2, -0.15) is 0 Å². The van der Waals surface area contributed by atoms with Crippen molar-refractivity contribution in [1.29, 1.82) is 0 Å².